The molecule has 1 fully saturated rings. The predicted octanol–water partition coefficient (Wildman–Crippen LogP) is 9.21. The quantitative estimate of drug-likeness (QED) is 0.0211. The van der Waals surface area contributed by atoms with Crippen LogP contribution in [0.4, 0.5) is 0 Å². The molecule has 0 radical (unpaired) electrons. The second kappa shape index (κ2) is 37.5. The molecule has 0 saturated carbocycles. The number of carbonyl (C=O) groups is 2. The van der Waals surface area contributed by atoms with E-state index in [1.165, 1.54) is 51.4 Å². The Hall–Kier alpha value is -2.82. The van der Waals surface area contributed by atoms with E-state index in [0.29, 0.717) is 19.3 Å². The second-order valence-corrected chi connectivity index (χ2v) is 14.9. The Bertz CT molecular complexity index is 1170. The SMILES string of the molecule is CCCCC/C=C/C/C=C/C/C=C/C/C=C/CCCC(=O)O[C@H](COC(=O)CCCCCCCC=C=CCCCCCCC)CO[C@@H]1O[C@H](CO)[C@H](O)C(O)C1O. The minimum atomic E-state index is -1.61. The van der Waals surface area contributed by atoms with Gasteiger partial charge in [0.25, 0.3) is 0 Å². The summed E-state index contributed by atoms with van der Waals surface area (Å²) in [7, 11) is 0. The van der Waals surface area contributed by atoms with Crippen molar-refractivity contribution in [2.75, 3.05) is 19.8 Å². The van der Waals surface area contributed by atoms with Crippen molar-refractivity contribution < 1.29 is 49.0 Å². The highest BCUT2D eigenvalue weighted by Gasteiger charge is 2.44. The summed E-state index contributed by atoms with van der Waals surface area (Å²) in [4.78, 5) is 25.3. The van der Waals surface area contributed by atoms with Crippen molar-refractivity contribution in [3.8, 4) is 0 Å². The Balaban J connectivity index is 2.42. The monoisotopic (exact) mass is 803 g/mol. The van der Waals surface area contributed by atoms with Gasteiger partial charge in [0.1, 0.15) is 31.0 Å². The van der Waals surface area contributed by atoms with Crippen molar-refractivity contribution in [2.24, 2.45) is 0 Å². The summed E-state index contributed by atoms with van der Waals surface area (Å²) in [5.41, 5.74) is 3.29. The maximum Gasteiger partial charge on any atom is 0.306 e. The van der Waals surface area contributed by atoms with Crippen LogP contribution in [0.25, 0.3) is 0 Å². The van der Waals surface area contributed by atoms with Crippen LogP contribution in [-0.4, -0.2) is 89.0 Å². The molecule has 0 spiro atoms. The molecule has 2 unspecified atom stereocenters. The fraction of sp³-hybridized carbons (Fsp3) is 0.723. The van der Waals surface area contributed by atoms with Gasteiger partial charge >= 0.3 is 11.9 Å². The van der Waals surface area contributed by atoms with E-state index in [2.05, 4.69) is 74.3 Å². The Labute approximate surface area is 344 Å². The van der Waals surface area contributed by atoms with Crippen molar-refractivity contribution >= 4 is 11.9 Å². The van der Waals surface area contributed by atoms with Crippen molar-refractivity contribution in [2.45, 2.75) is 198 Å². The van der Waals surface area contributed by atoms with Gasteiger partial charge in [-0.2, -0.15) is 0 Å². The fourth-order valence-corrected chi connectivity index (χ4v) is 6.10. The van der Waals surface area contributed by atoms with Crippen molar-refractivity contribution in [3.05, 3.63) is 66.5 Å². The van der Waals surface area contributed by atoms with Crippen molar-refractivity contribution in [1.82, 2.24) is 0 Å². The summed E-state index contributed by atoms with van der Waals surface area (Å²) in [5, 5.41) is 40.0. The molecule has 4 N–H and O–H groups in total. The van der Waals surface area contributed by atoms with Crippen LogP contribution >= 0.6 is 0 Å². The van der Waals surface area contributed by atoms with E-state index in [1.54, 1.807) is 0 Å². The van der Waals surface area contributed by atoms with E-state index in [9.17, 15) is 30.0 Å². The zero-order chi connectivity index (χ0) is 41.6. The third-order valence-electron chi connectivity index (χ3n) is 9.65. The molecule has 1 heterocycles. The molecule has 6 atom stereocenters. The van der Waals surface area contributed by atoms with Gasteiger partial charge in [-0.15, -0.1) is 5.73 Å². The number of ether oxygens (including phenoxy) is 4. The van der Waals surface area contributed by atoms with Gasteiger partial charge in [-0.3, -0.25) is 9.59 Å². The van der Waals surface area contributed by atoms with E-state index in [1.807, 2.05) is 6.08 Å². The van der Waals surface area contributed by atoms with E-state index in [-0.39, 0.29) is 26.1 Å². The Morgan fingerprint density at radius 1 is 0.596 bits per heavy atom. The lowest BCUT2D eigenvalue weighted by molar-refractivity contribution is -0.305. The fourth-order valence-electron chi connectivity index (χ4n) is 6.10. The highest BCUT2D eigenvalue weighted by molar-refractivity contribution is 5.70. The first-order valence-electron chi connectivity index (χ1n) is 22.1. The minimum absolute atomic E-state index is 0.147. The van der Waals surface area contributed by atoms with E-state index < -0.39 is 55.4 Å². The average Bonchev–Trinajstić information content (AvgIpc) is 3.21. The third kappa shape index (κ3) is 29.1. The number of unbranched alkanes of at least 4 members (excludes halogenated alkanes) is 14. The standard InChI is InChI=1S/C47H78O10/c1-3-5-7-9-11-13-15-17-19-20-22-24-26-28-30-32-34-36-43(50)56-40(39-55-47-46(53)45(52)44(51)41(37-48)57-47)38-54-42(49)35-33-31-29-27-25-23-21-18-16-14-12-10-8-6-4-2/h11,13,16-17,19,21-22,24,28,30,40-41,44-48,51-53H,3-10,12,14-15,20,23,25-27,29,31-39H2,1-2H3/b13-11+,19-17+,24-22+,30-28+/t18?,40-,41-,44+,45?,46?,47-/m1/s1. The molecule has 1 aliphatic rings. The summed E-state index contributed by atoms with van der Waals surface area (Å²) in [5.74, 6) is -0.899. The molecule has 1 aliphatic heterocycles. The van der Waals surface area contributed by atoms with Gasteiger partial charge in [0.05, 0.1) is 13.2 Å². The zero-order valence-electron chi connectivity index (χ0n) is 35.4. The van der Waals surface area contributed by atoms with Crippen molar-refractivity contribution in [3.63, 3.8) is 0 Å². The number of hydrogen-bond acceptors (Lipinski definition) is 10. The van der Waals surface area contributed by atoms with Crippen LogP contribution in [0.1, 0.15) is 162 Å². The topological polar surface area (TPSA) is 152 Å². The number of carbonyl (C=O) groups excluding carboxylic acids is 2. The molecular weight excluding hydrogens is 725 g/mol. The van der Waals surface area contributed by atoms with E-state index >= 15 is 0 Å². The van der Waals surface area contributed by atoms with Crippen LogP contribution in [0.15, 0.2) is 66.5 Å². The van der Waals surface area contributed by atoms with Crippen molar-refractivity contribution in [1.29, 1.82) is 0 Å². The molecule has 0 aromatic heterocycles. The highest BCUT2D eigenvalue weighted by Crippen LogP contribution is 2.22. The zero-order valence-corrected chi connectivity index (χ0v) is 35.4. The summed E-state index contributed by atoms with van der Waals surface area (Å²) >= 11 is 0. The molecule has 1 saturated heterocycles. The number of esters is 2. The molecule has 0 amide bonds. The van der Waals surface area contributed by atoms with Crippen LogP contribution in [0.3, 0.4) is 0 Å². The summed E-state index contributed by atoms with van der Waals surface area (Å²) in [6.07, 6.45) is 35.8. The smallest absolute Gasteiger partial charge is 0.306 e. The maximum absolute atomic E-state index is 12.7. The minimum Gasteiger partial charge on any atom is -0.462 e. The first-order valence-corrected chi connectivity index (χ1v) is 22.1. The van der Waals surface area contributed by atoms with Gasteiger partial charge < -0.3 is 39.4 Å². The number of rotatable bonds is 35. The Kier molecular flexibility index (Phi) is 34.3. The molecule has 1 rings (SSSR count). The molecule has 10 nitrogen and oxygen atoms in total. The van der Waals surface area contributed by atoms with Crippen LogP contribution in [0.2, 0.25) is 0 Å². The normalized spacial score (nSPS) is 20.4. The number of allylic oxidation sites excluding steroid dienone is 9. The lowest BCUT2D eigenvalue weighted by atomic mass is 9.99. The second-order valence-electron chi connectivity index (χ2n) is 14.9. The molecule has 57 heavy (non-hydrogen) atoms. The molecule has 0 aliphatic carbocycles. The number of hydrogen-bond donors (Lipinski definition) is 4. The first kappa shape index (κ1) is 52.2. The van der Waals surface area contributed by atoms with E-state index in [4.69, 9.17) is 18.9 Å². The Morgan fingerprint density at radius 3 is 1.72 bits per heavy atom. The molecule has 0 aromatic rings. The van der Waals surface area contributed by atoms with Gasteiger partial charge in [0.2, 0.25) is 0 Å². The van der Waals surface area contributed by atoms with Gasteiger partial charge in [0, 0.05) is 12.8 Å². The highest BCUT2D eigenvalue weighted by atomic mass is 16.7. The van der Waals surface area contributed by atoms with Gasteiger partial charge in [0.15, 0.2) is 12.4 Å². The third-order valence-corrected chi connectivity index (χ3v) is 9.65. The largest absolute Gasteiger partial charge is 0.462 e. The lowest BCUT2D eigenvalue weighted by Crippen LogP contribution is -2.59. The molecule has 0 aromatic carbocycles. The first-order chi connectivity index (χ1) is 27.8. The number of aliphatic hydroxyl groups is 4. The maximum atomic E-state index is 12.7. The van der Waals surface area contributed by atoms with Crippen LogP contribution in [0.5, 0.6) is 0 Å². The van der Waals surface area contributed by atoms with Gasteiger partial charge in [-0.05, 0) is 89.2 Å². The summed E-state index contributed by atoms with van der Waals surface area (Å²) in [6, 6.07) is 0. The Morgan fingerprint density at radius 2 is 1.11 bits per heavy atom. The molecular formula is C47H78O10. The van der Waals surface area contributed by atoms with E-state index in [0.717, 1.165) is 64.2 Å². The van der Waals surface area contributed by atoms with Gasteiger partial charge in [-0.25, -0.2) is 0 Å². The molecule has 0 bridgehead atoms. The summed E-state index contributed by atoms with van der Waals surface area (Å²) in [6.45, 7) is 3.29. The van der Waals surface area contributed by atoms with Crippen LogP contribution < -0.4 is 0 Å². The predicted molar refractivity (Wildman–Crippen MR) is 227 cm³/mol. The molecule has 326 valence electrons. The molecule has 10 heteroatoms. The van der Waals surface area contributed by atoms with Crippen LogP contribution in [-0.2, 0) is 28.5 Å². The van der Waals surface area contributed by atoms with Crippen LogP contribution in [0, 0.1) is 0 Å². The average molecular weight is 803 g/mol. The number of aliphatic hydroxyl groups excluding tert-OH is 4. The van der Waals surface area contributed by atoms with Gasteiger partial charge in [-0.1, -0.05) is 120 Å². The summed E-state index contributed by atoms with van der Waals surface area (Å²) < 4.78 is 22.1. The lowest BCUT2D eigenvalue weighted by Gasteiger charge is -2.39.